The van der Waals surface area contributed by atoms with Crippen LogP contribution in [0.1, 0.15) is 65.7 Å². The Morgan fingerprint density at radius 3 is 2.42 bits per heavy atom. The van der Waals surface area contributed by atoms with E-state index >= 15 is 0 Å². The fraction of sp³-hybridized carbons (Fsp3) is 0.355. The van der Waals surface area contributed by atoms with E-state index in [9.17, 15) is 9.59 Å². The van der Waals surface area contributed by atoms with Crippen molar-refractivity contribution < 1.29 is 23.8 Å². The highest BCUT2D eigenvalue weighted by Crippen LogP contribution is 2.26. The van der Waals surface area contributed by atoms with Crippen LogP contribution in [0.4, 0.5) is 0 Å². The van der Waals surface area contributed by atoms with Crippen LogP contribution in [0.2, 0.25) is 0 Å². The third-order valence-electron chi connectivity index (χ3n) is 6.12. The van der Waals surface area contributed by atoms with Crippen LogP contribution in [0.15, 0.2) is 66.7 Å². The number of ketones is 1. The molecule has 0 aliphatic heterocycles. The molecule has 0 spiro atoms. The molecule has 0 aromatic heterocycles. The monoisotopic (exact) mass is 488 g/mol. The number of rotatable bonds is 13. The number of carbonyl (C=O) groups is 2. The van der Waals surface area contributed by atoms with Gasteiger partial charge in [-0.05, 0) is 67.6 Å². The molecular formula is C31H36O5. The predicted octanol–water partition coefficient (Wildman–Crippen LogP) is 6.52. The van der Waals surface area contributed by atoms with Crippen molar-refractivity contribution in [2.45, 2.75) is 59.0 Å². The number of esters is 1. The summed E-state index contributed by atoms with van der Waals surface area (Å²) in [5.74, 6) is 1.14. The highest BCUT2D eigenvalue weighted by Gasteiger charge is 2.17. The maximum Gasteiger partial charge on any atom is 0.305 e. The molecule has 0 heterocycles. The summed E-state index contributed by atoms with van der Waals surface area (Å²) in [6.45, 7) is 6.61. The van der Waals surface area contributed by atoms with Crippen molar-refractivity contribution >= 4 is 11.8 Å². The molecule has 0 radical (unpaired) electrons. The van der Waals surface area contributed by atoms with Crippen molar-refractivity contribution in [3.05, 3.63) is 94.5 Å². The van der Waals surface area contributed by atoms with E-state index < -0.39 is 0 Å². The fourth-order valence-electron chi connectivity index (χ4n) is 4.04. The molecular weight excluding hydrogens is 452 g/mol. The average Bonchev–Trinajstić information content (AvgIpc) is 2.89. The number of carbonyl (C=O) groups excluding carboxylic acids is 2. The van der Waals surface area contributed by atoms with Gasteiger partial charge >= 0.3 is 5.97 Å². The minimum absolute atomic E-state index is 0.0326. The van der Waals surface area contributed by atoms with E-state index in [0.717, 1.165) is 35.3 Å². The number of aryl methyl sites for hydroxylation is 3. The molecule has 36 heavy (non-hydrogen) atoms. The molecule has 0 fully saturated rings. The Balaban J connectivity index is 1.60. The number of hydrogen-bond donors (Lipinski definition) is 0. The minimum atomic E-state index is -0.211. The van der Waals surface area contributed by atoms with Crippen LogP contribution in [0.5, 0.6) is 11.5 Å². The van der Waals surface area contributed by atoms with Gasteiger partial charge in [-0.15, -0.1) is 0 Å². The van der Waals surface area contributed by atoms with Gasteiger partial charge in [0.15, 0.2) is 5.78 Å². The molecule has 5 heteroatoms. The van der Waals surface area contributed by atoms with E-state index in [4.69, 9.17) is 14.2 Å². The van der Waals surface area contributed by atoms with Gasteiger partial charge in [0, 0.05) is 18.4 Å². The van der Waals surface area contributed by atoms with Crippen LogP contribution in [0, 0.1) is 6.92 Å². The van der Waals surface area contributed by atoms with E-state index in [1.807, 2.05) is 80.6 Å². The first kappa shape index (κ1) is 27.0. The Bertz CT molecular complexity index is 1150. The number of ether oxygens (including phenoxy) is 3. The Morgan fingerprint density at radius 2 is 1.72 bits per heavy atom. The van der Waals surface area contributed by atoms with E-state index in [1.165, 1.54) is 7.11 Å². The van der Waals surface area contributed by atoms with Gasteiger partial charge < -0.3 is 14.2 Å². The highest BCUT2D eigenvalue weighted by molar-refractivity contribution is 6.10. The van der Waals surface area contributed by atoms with Crippen LogP contribution in [-0.2, 0) is 22.4 Å². The van der Waals surface area contributed by atoms with Gasteiger partial charge in [0.25, 0.3) is 0 Å². The van der Waals surface area contributed by atoms with Crippen LogP contribution < -0.4 is 9.47 Å². The molecule has 3 aromatic carbocycles. The standard InChI is InChI=1S/C31H36O5/c1-5-9-24-12-16-29(28(21-24)31(33)26-10-7-6-8-11-26)36-23(3)18-19-35-27-15-13-25(22(2)20-27)14-17-30(32)34-4/h6-8,10-13,15-16,20-21,23H,5,9,14,17-19H2,1-4H3. The molecule has 0 saturated heterocycles. The lowest BCUT2D eigenvalue weighted by molar-refractivity contribution is -0.140. The van der Waals surface area contributed by atoms with Crippen molar-refractivity contribution in [1.82, 2.24) is 0 Å². The number of hydrogen-bond acceptors (Lipinski definition) is 5. The fourth-order valence-corrected chi connectivity index (χ4v) is 4.04. The summed E-state index contributed by atoms with van der Waals surface area (Å²) < 4.78 is 16.9. The molecule has 0 amide bonds. The first-order chi connectivity index (χ1) is 17.4. The van der Waals surface area contributed by atoms with Gasteiger partial charge in [-0.3, -0.25) is 9.59 Å². The maximum absolute atomic E-state index is 13.2. The smallest absolute Gasteiger partial charge is 0.305 e. The molecule has 3 rings (SSSR count). The summed E-state index contributed by atoms with van der Waals surface area (Å²) in [5, 5.41) is 0. The molecule has 0 aliphatic rings. The van der Waals surface area contributed by atoms with Gasteiger partial charge in [0.1, 0.15) is 11.5 Å². The number of methoxy groups -OCH3 is 1. The summed E-state index contributed by atoms with van der Waals surface area (Å²) in [6, 6.07) is 21.1. The molecule has 0 bridgehead atoms. The molecule has 190 valence electrons. The normalized spacial score (nSPS) is 11.6. The summed E-state index contributed by atoms with van der Waals surface area (Å²) in [4.78, 5) is 24.6. The van der Waals surface area contributed by atoms with E-state index in [2.05, 4.69) is 6.92 Å². The van der Waals surface area contributed by atoms with Gasteiger partial charge in [-0.2, -0.15) is 0 Å². The Labute approximate surface area is 214 Å². The molecule has 1 atom stereocenters. The molecule has 1 unspecified atom stereocenters. The second kappa shape index (κ2) is 13.5. The van der Waals surface area contributed by atoms with E-state index in [0.29, 0.717) is 42.7 Å². The Hall–Kier alpha value is -3.60. The molecule has 0 aliphatic carbocycles. The lowest BCUT2D eigenvalue weighted by atomic mass is 9.98. The Kier molecular flexibility index (Phi) is 10.1. The lowest BCUT2D eigenvalue weighted by Crippen LogP contribution is -2.18. The van der Waals surface area contributed by atoms with Crippen LogP contribution in [0.3, 0.4) is 0 Å². The second-order valence-electron chi connectivity index (χ2n) is 9.01. The second-order valence-corrected chi connectivity index (χ2v) is 9.01. The van der Waals surface area contributed by atoms with E-state index in [-0.39, 0.29) is 17.9 Å². The summed E-state index contributed by atoms with van der Waals surface area (Å²) in [7, 11) is 1.40. The zero-order valence-electron chi connectivity index (χ0n) is 21.7. The third kappa shape index (κ3) is 7.70. The molecule has 3 aromatic rings. The highest BCUT2D eigenvalue weighted by atomic mass is 16.5. The van der Waals surface area contributed by atoms with Crippen molar-refractivity contribution in [2.24, 2.45) is 0 Å². The predicted molar refractivity (Wildman–Crippen MR) is 142 cm³/mol. The third-order valence-corrected chi connectivity index (χ3v) is 6.12. The van der Waals surface area contributed by atoms with Crippen molar-refractivity contribution in [2.75, 3.05) is 13.7 Å². The quantitative estimate of drug-likeness (QED) is 0.202. The maximum atomic E-state index is 13.2. The largest absolute Gasteiger partial charge is 0.493 e. The number of benzene rings is 3. The van der Waals surface area contributed by atoms with Crippen molar-refractivity contribution in [3.63, 3.8) is 0 Å². The summed E-state index contributed by atoms with van der Waals surface area (Å²) >= 11 is 0. The van der Waals surface area contributed by atoms with Gasteiger partial charge in [-0.1, -0.05) is 55.8 Å². The van der Waals surface area contributed by atoms with E-state index in [1.54, 1.807) is 0 Å². The first-order valence-corrected chi connectivity index (χ1v) is 12.6. The van der Waals surface area contributed by atoms with Crippen LogP contribution >= 0.6 is 0 Å². The summed E-state index contributed by atoms with van der Waals surface area (Å²) in [6.07, 6.45) is 3.47. The minimum Gasteiger partial charge on any atom is -0.493 e. The zero-order valence-corrected chi connectivity index (χ0v) is 21.7. The van der Waals surface area contributed by atoms with Crippen LogP contribution in [0.25, 0.3) is 0 Å². The first-order valence-electron chi connectivity index (χ1n) is 12.6. The van der Waals surface area contributed by atoms with Crippen LogP contribution in [-0.4, -0.2) is 31.6 Å². The zero-order chi connectivity index (χ0) is 25.9. The van der Waals surface area contributed by atoms with Gasteiger partial charge in [0.2, 0.25) is 0 Å². The lowest BCUT2D eigenvalue weighted by Gasteiger charge is -2.18. The van der Waals surface area contributed by atoms with Gasteiger partial charge in [-0.25, -0.2) is 0 Å². The SMILES string of the molecule is CCCc1ccc(OC(C)CCOc2ccc(CCC(=O)OC)c(C)c2)c(C(=O)c2ccccc2)c1. The summed E-state index contributed by atoms with van der Waals surface area (Å²) in [5.41, 5.74) is 4.56. The molecule has 0 N–H and O–H groups in total. The molecule has 5 nitrogen and oxygen atoms in total. The topological polar surface area (TPSA) is 61.8 Å². The Morgan fingerprint density at radius 1 is 0.944 bits per heavy atom. The van der Waals surface area contributed by atoms with Crippen molar-refractivity contribution in [3.8, 4) is 11.5 Å². The average molecular weight is 489 g/mol. The molecule has 0 saturated carbocycles. The van der Waals surface area contributed by atoms with Crippen molar-refractivity contribution in [1.29, 1.82) is 0 Å². The van der Waals surface area contributed by atoms with Gasteiger partial charge in [0.05, 0.1) is 25.4 Å².